The van der Waals surface area contributed by atoms with Gasteiger partial charge in [0.05, 0.1) is 17.8 Å². The molecule has 2 heterocycles. The van der Waals surface area contributed by atoms with Crippen LogP contribution in [0.2, 0.25) is 10.0 Å². The maximum atomic E-state index is 12.7. The third-order valence-electron chi connectivity index (χ3n) is 3.66. The van der Waals surface area contributed by atoms with Gasteiger partial charge in [0.15, 0.2) is 11.7 Å². The van der Waals surface area contributed by atoms with Gasteiger partial charge in [-0.1, -0.05) is 23.2 Å². The average molecular weight is 445 g/mol. The second-order valence-corrected chi connectivity index (χ2v) is 6.46. The van der Waals surface area contributed by atoms with Gasteiger partial charge >= 0.3 is 6.61 Å². The van der Waals surface area contributed by atoms with Crippen molar-refractivity contribution in [3.8, 4) is 17.3 Å². The summed E-state index contributed by atoms with van der Waals surface area (Å²) in [5, 5.41) is 13.1. The number of nitrogens with one attached hydrogen (secondary N) is 3. The number of guanidine groups is 1. The van der Waals surface area contributed by atoms with Crippen LogP contribution in [0.3, 0.4) is 0 Å². The molecule has 0 aliphatic heterocycles. The lowest BCUT2D eigenvalue weighted by molar-refractivity contribution is -0.0504. The molecule has 0 radical (unpaired) electrons. The van der Waals surface area contributed by atoms with E-state index >= 15 is 0 Å². The van der Waals surface area contributed by atoms with Gasteiger partial charge in [0.25, 0.3) is 0 Å². The molecule has 29 heavy (non-hydrogen) atoms. The zero-order chi connectivity index (χ0) is 20.8. The van der Waals surface area contributed by atoms with Gasteiger partial charge in [0.2, 0.25) is 5.82 Å². The van der Waals surface area contributed by atoms with Crippen molar-refractivity contribution in [1.29, 1.82) is 0 Å². The maximum absolute atomic E-state index is 12.7. The molecule has 3 rings (SSSR count). The number of rotatable bonds is 7. The number of hydrogen-bond donors (Lipinski definition) is 3. The predicted octanol–water partition coefficient (Wildman–Crippen LogP) is 3.84. The van der Waals surface area contributed by atoms with Gasteiger partial charge in [-0.05, 0) is 24.3 Å². The van der Waals surface area contributed by atoms with Crippen molar-refractivity contribution in [1.82, 2.24) is 25.8 Å². The summed E-state index contributed by atoms with van der Waals surface area (Å²) >= 11 is 11.9. The average Bonchev–Trinajstić information content (AvgIpc) is 3.35. The van der Waals surface area contributed by atoms with Crippen molar-refractivity contribution < 1.29 is 17.9 Å². The van der Waals surface area contributed by atoms with Crippen LogP contribution in [0.1, 0.15) is 11.4 Å². The van der Waals surface area contributed by atoms with Gasteiger partial charge in [-0.3, -0.25) is 10.1 Å². The summed E-state index contributed by atoms with van der Waals surface area (Å²) < 4.78 is 35.1. The molecule has 154 valence electrons. The van der Waals surface area contributed by atoms with Gasteiger partial charge in [0, 0.05) is 24.2 Å². The first kappa shape index (κ1) is 20.9. The van der Waals surface area contributed by atoms with Crippen LogP contribution in [0, 0.1) is 0 Å². The number of aliphatic imine (C=N–C) groups is 1. The fourth-order valence-corrected chi connectivity index (χ4v) is 3.00. The highest BCUT2D eigenvalue weighted by Gasteiger charge is 2.16. The Hall–Kier alpha value is -2.85. The second kappa shape index (κ2) is 9.57. The quantitative estimate of drug-likeness (QED) is 0.378. The number of alkyl halides is 2. The summed E-state index contributed by atoms with van der Waals surface area (Å²) in [5.41, 5.74) is 0.352. The summed E-state index contributed by atoms with van der Waals surface area (Å²) in [7, 11) is 1.56. The molecule has 0 aliphatic carbocycles. The Morgan fingerprint density at radius 1 is 1.31 bits per heavy atom. The Kier molecular flexibility index (Phi) is 6.89. The lowest BCUT2D eigenvalue weighted by Gasteiger charge is -2.15. The molecule has 0 unspecified atom stereocenters. The highest BCUT2D eigenvalue weighted by Crippen LogP contribution is 2.33. The van der Waals surface area contributed by atoms with Gasteiger partial charge in [-0.25, -0.2) is 4.98 Å². The molecule has 2 aromatic heterocycles. The second-order valence-electron chi connectivity index (χ2n) is 5.62. The van der Waals surface area contributed by atoms with Gasteiger partial charge < -0.3 is 19.8 Å². The Labute approximate surface area is 174 Å². The Morgan fingerprint density at radius 2 is 2.10 bits per heavy atom. The van der Waals surface area contributed by atoms with Crippen LogP contribution in [-0.2, 0) is 13.1 Å². The van der Waals surface area contributed by atoms with Gasteiger partial charge in [0.1, 0.15) is 11.6 Å². The van der Waals surface area contributed by atoms with Crippen molar-refractivity contribution in [2.45, 2.75) is 19.7 Å². The van der Waals surface area contributed by atoms with E-state index in [0.717, 1.165) is 0 Å². The van der Waals surface area contributed by atoms with Crippen LogP contribution < -0.4 is 15.4 Å². The van der Waals surface area contributed by atoms with E-state index in [1.807, 2.05) is 0 Å². The monoisotopic (exact) mass is 444 g/mol. The topological polar surface area (TPSA) is 100 Å². The lowest BCUT2D eigenvalue weighted by atomic mass is 10.2. The first-order valence-corrected chi connectivity index (χ1v) is 9.04. The summed E-state index contributed by atoms with van der Waals surface area (Å²) in [6, 6.07) is 6.30. The third kappa shape index (κ3) is 5.58. The summed E-state index contributed by atoms with van der Waals surface area (Å²) in [6.07, 6.45) is 1.53. The molecular weight excluding hydrogens is 429 g/mol. The molecule has 3 N–H and O–H groups in total. The lowest BCUT2D eigenvalue weighted by Crippen LogP contribution is -2.36. The van der Waals surface area contributed by atoms with Crippen LogP contribution in [0.5, 0.6) is 5.75 Å². The molecule has 8 nitrogen and oxygen atoms in total. The first-order valence-electron chi connectivity index (χ1n) is 8.28. The number of H-pyrrole nitrogens is 1. The Bertz CT molecular complexity index is 978. The smallest absolute Gasteiger partial charge is 0.387 e. The summed E-state index contributed by atoms with van der Waals surface area (Å²) in [4.78, 5) is 8.37. The summed E-state index contributed by atoms with van der Waals surface area (Å²) in [5.74, 6) is 1.76. The van der Waals surface area contributed by atoms with Gasteiger partial charge in [-0.15, -0.1) is 5.10 Å². The number of aromatic amines is 1. The van der Waals surface area contributed by atoms with E-state index in [9.17, 15) is 8.78 Å². The minimum atomic E-state index is -3.01. The number of nitrogens with zero attached hydrogens (tertiary/aromatic N) is 3. The molecule has 0 saturated carbocycles. The van der Waals surface area contributed by atoms with E-state index in [1.165, 1.54) is 18.4 Å². The van der Waals surface area contributed by atoms with E-state index in [4.69, 9.17) is 27.6 Å². The normalized spacial score (nSPS) is 11.7. The molecule has 0 spiro atoms. The summed E-state index contributed by atoms with van der Waals surface area (Å²) in [6.45, 7) is -2.64. The highest BCUT2D eigenvalue weighted by atomic mass is 35.5. The molecule has 0 atom stereocenters. The standard InChI is InChI=1S/C17H16Cl2F2N6O2/c1-22-17(24-8-13-25-15(27-26-13)12-3-2-4-28-12)23-7-9-5-10(18)6-11(19)14(9)29-16(20)21/h2-6,16H,7-8H2,1H3,(H2,22,23,24)(H,25,26,27). The number of furan rings is 1. The SMILES string of the molecule is CN=C(NCc1nc(-c2ccco2)n[nH]1)NCc1cc(Cl)cc(Cl)c1OC(F)F. The first-order chi connectivity index (χ1) is 14.0. The predicted molar refractivity (Wildman–Crippen MR) is 104 cm³/mol. The van der Waals surface area contributed by atoms with Crippen LogP contribution in [0.25, 0.3) is 11.6 Å². The fourth-order valence-electron chi connectivity index (χ4n) is 2.42. The number of halogens is 4. The van der Waals surface area contributed by atoms with Crippen LogP contribution in [0.4, 0.5) is 8.78 Å². The molecule has 3 aromatic rings. The third-order valence-corrected chi connectivity index (χ3v) is 4.16. The van der Waals surface area contributed by atoms with Crippen molar-refractivity contribution in [3.05, 3.63) is 52.0 Å². The van der Waals surface area contributed by atoms with E-state index in [0.29, 0.717) is 34.0 Å². The number of benzene rings is 1. The Morgan fingerprint density at radius 3 is 2.79 bits per heavy atom. The molecule has 0 aliphatic rings. The van der Waals surface area contributed by atoms with E-state index in [2.05, 4.69) is 35.5 Å². The minimum Gasteiger partial charge on any atom is -0.461 e. The number of ether oxygens (including phenoxy) is 1. The number of hydrogen-bond acceptors (Lipinski definition) is 5. The molecule has 0 fully saturated rings. The van der Waals surface area contributed by atoms with Crippen molar-refractivity contribution in [2.75, 3.05) is 7.05 Å². The zero-order valence-corrected chi connectivity index (χ0v) is 16.6. The van der Waals surface area contributed by atoms with Crippen molar-refractivity contribution >= 4 is 29.2 Å². The number of aromatic nitrogens is 3. The van der Waals surface area contributed by atoms with E-state index in [-0.39, 0.29) is 23.9 Å². The van der Waals surface area contributed by atoms with Gasteiger partial charge in [-0.2, -0.15) is 8.78 Å². The zero-order valence-electron chi connectivity index (χ0n) is 15.0. The molecular formula is C17H16Cl2F2N6O2. The highest BCUT2D eigenvalue weighted by molar-refractivity contribution is 6.35. The molecule has 0 saturated heterocycles. The minimum absolute atomic E-state index is 0.00957. The van der Waals surface area contributed by atoms with E-state index in [1.54, 1.807) is 19.2 Å². The van der Waals surface area contributed by atoms with Crippen LogP contribution >= 0.6 is 23.2 Å². The van der Waals surface area contributed by atoms with Crippen molar-refractivity contribution in [2.24, 2.45) is 4.99 Å². The van der Waals surface area contributed by atoms with Crippen LogP contribution in [0.15, 0.2) is 39.9 Å². The fraction of sp³-hybridized carbons (Fsp3) is 0.235. The van der Waals surface area contributed by atoms with Crippen molar-refractivity contribution in [3.63, 3.8) is 0 Å². The molecule has 0 bridgehead atoms. The molecule has 12 heteroatoms. The molecule has 0 amide bonds. The maximum Gasteiger partial charge on any atom is 0.387 e. The molecule has 1 aromatic carbocycles. The largest absolute Gasteiger partial charge is 0.461 e. The Balaban J connectivity index is 1.61. The van der Waals surface area contributed by atoms with E-state index < -0.39 is 6.61 Å². The van der Waals surface area contributed by atoms with Crippen LogP contribution in [-0.4, -0.2) is 34.8 Å².